The van der Waals surface area contributed by atoms with E-state index in [1.807, 2.05) is 0 Å². The van der Waals surface area contributed by atoms with Crippen molar-refractivity contribution in [3.8, 4) is 0 Å². The topological polar surface area (TPSA) is 53.5 Å². The summed E-state index contributed by atoms with van der Waals surface area (Å²) in [4.78, 5) is 15.6. The van der Waals surface area contributed by atoms with E-state index >= 15 is 0 Å². The van der Waals surface area contributed by atoms with Gasteiger partial charge in [0, 0.05) is 6.54 Å². The summed E-state index contributed by atoms with van der Waals surface area (Å²) in [7, 11) is 0. The summed E-state index contributed by atoms with van der Waals surface area (Å²) in [6, 6.07) is -0.00407. The van der Waals surface area contributed by atoms with E-state index in [-0.39, 0.29) is 11.9 Å². The third-order valence-corrected chi connectivity index (χ3v) is 2.40. The molecule has 1 heterocycles. The van der Waals surface area contributed by atoms with E-state index < -0.39 is 0 Å². The van der Waals surface area contributed by atoms with E-state index in [1.165, 1.54) is 12.8 Å². The van der Waals surface area contributed by atoms with Gasteiger partial charge in [-0.15, -0.1) is 0 Å². The van der Waals surface area contributed by atoms with Gasteiger partial charge in [-0.3, -0.25) is 15.1 Å². The number of amides is 1. The number of nitrogens with zero attached hydrogens (tertiary/aromatic N) is 1. The fourth-order valence-corrected chi connectivity index (χ4v) is 1.51. The van der Waals surface area contributed by atoms with Crippen LogP contribution in [0.5, 0.6) is 0 Å². The van der Waals surface area contributed by atoms with E-state index in [1.54, 1.807) is 0 Å². The highest BCUT2D eigenvalue weighted by atomic mass is 16.2. The number of hydrogen-bond donors (Lipinski definition) is 2. The van der Waals surface area contributed by atoms with Crippen molar-refractivity contribution >= 4 is 11.9 Å². The monoisotopic (exact) mass is 181 g/mol. The van der Waals surface area contributed by atoms with E-state index in [0.29, 0.717) is 11.9 Å². The molecule has 4 heteroatoms. The van der Waals surface area contributed by atoms with Gasteiger partial charge in [0.15, 0.2) is 5.96 Å². The Balaban J connectivity index is 1.93. The Morgan fingerprint density at radius 2 is 2.31 bits per heavy atom. The maximum absolute atomic E-state index is 11.4. The van der Waals surface area contributed by atoms with Crippen molar-refractivity contribution in [3.05, 3.63) is 0 Å². The zero-order valence-corrected chi connectivity index (χ0v) is 7.84. The second kappa shape index (κ2) is 3.36. The summed E-state index contributed by atoms with van der Waals surface area (Å²) >= 11 is 0. The Bertz CT molecular complexity index is 245. The van der Waals surface area contributed by atoms with E-state index in [0.717, 1.165) is 13.0 Å². The van der Waals surface area contributed by atoms with Crippen molar-refractivity contribution in [3.63, 3.8) is 0 Å². The first kappa shape index (κ1) is 8.53. The first-order valence-corrected chi connectivity index (χ1v) is 4.93. The maximum atomic E-state index is 11.4. The molecule has 0 aromatic heterocycles. The highest BCUT2D eigenvalue weighted by molar-refractivity contribution is 6.06. The van der Waals surface area contributed by atoms with Gasteiger partial charge in [0.05, 0.1) is 0 Å². The van der Waals surface area contributed by atoms with Crippen molar-refractivity contribution in [2.45, 2.75) is 32.2 Å². The fourth-order valence-electron chi connectivity index (χ4n) is 1.51. The van der Waals surface area contributed by atoms with Crippen LogP contribution < -0.4 is 10.6 Å². The second-order valence-electron chi connectivity index (χ2n) is 3.68. The summed E-state index contributed by atoms with van der Waals surface area (Å²) in [5.41, 5.74) is 0. The highest BCUT2D eigenvalue weighted by Crippen LogP contribution is 2.33. The lowest BCUT2D eigenvalue weighted by atomic mass is 10.2. The highest BCUT2D eigenvalue weighted by Gasteiger charge is 2.40. The predicted molar refractivity (Wildman–Crippen MR) is 50.4 cm³/mol. The van der Waals surface area contributed by atoms with Gasteiger partial charge >= 0.3 is 0 Å². The van der Waals surface area contributed by atoms with Crippen LogP contribution in [-0.4, -0.2) is 24.5 Å². The minimum Gasteiger partial charge on any atom is -0.344 e. The minimum absolute atomic E-state index is 0.00407. The summed E-state index contributed by atoms with van der Waals surface area (Å²) in [5, 5.41) is 5.89. The Kier molecular flexibility index (Phi) is 2.20. The fraction of sp³-hybridized carbons (Fsp3) is 0.778. The number of nitrogens with one attached hydrogen (secondary N) is 2. The third-order valence-electron chi connectivity index (χ3n) is 2.40. The van der Waals surface area contributed by atoms with Crippen LogP contribution in [-0.2, 0) is 4.79 Å². The van der Waals surface area contributed by atoms with Crippen molar-refractivity contribution in [2.75, 3.05) is 6.54 Å². The summed E-state index contributed by atoms with van der Waals surface area (Å²) in [6.45, 7) is 2.85. The zero-order valence-electron chi connectivity index (χ0n) is 7.84. The number of aliphatic imine (C=N–C) groups is 1. The molecule has 1 unspecified atom stereocenters. The molecule has 1 aliphatic heterocycles. The molecule has 1 atom stereocenters. The average molecular weight is 181 g/mol. The molecule has 1 aliphatic carbocycles. The predicted octanol–water partition coefficient (Wildman–Crippen LogP) is 0.250. The third kappa shape index (κ3) is 1.82. The molecular weight excluding hydrogens is 166 g/mol. The van der Waals surface area contributed by atoms with Crippen LogP contribution in [0.2, 0.25) is 0 Å². The summed E-state index contributed by atoms with van der Waals surface area (Å²) in [6.07, 6.45) is 3.35. The maximum Gasteiger partial charge on any atom is 0.249 e. The van der Waals surface area contributed by atoms with Gasteiger partial charge in [-0.1, -0.05) is 6.92 Å². The molecule has 72 valence electrons. The molecule has 4 nitrogen and oxygen atoms in total. The molecule has 2 fully saturated rings. The zero-order chi connectivity index (χ0) is 9.26. The Morgan fingerprint density at radius 3 is 2.92 bits per heavy atom. The van der Waals surface area contributed by atoms with Gasteiger partial charge in [-0.2, -0.15) is 0 Å². The summed E-state index contributed by atoms with van der Waals surface area (Å²) < 4.78 is 0. The van der Waals surface area contributed by atoms with Crippen LogP contribution in [0.3, 0.4) is 0 Å². The Hall–Kier alpha value is -1.06. The van der Waals surface area contributed by atoms with Gasteiger partial charge in [0.25, 0.3) is 0 Å². The lowest BCUT2D eigenvalue weighted by Crippen LogP contribution is -2.31. The number of hydrogen-bond acceptors (Lipinski definition) is 2. The Labute approximate surface area is 77.8 Å². The molecular formula is C9H15N3O. The van der Waals surface area contributed by atoms with Gasteiger partial charge in [0.1, 0.15) is 6.04 Å². The van der Waals surface area contributed by atoms with Crippen molar-refractivity contribution in [2.24, 2.45) is 10.9 Å². The van der Waals surface area contributed by atoms with E-state index in [2.05, 4.69) is 22.5 Å². The first-order chi connectivity index (χ1) is 6.31. The van der Waals surface area contributed by atoms with Gasteiger partial charge in [-0.25, -0.2) is 0 Å². The first-order valence-electron chi connectivity index (χ1n) is 4.93. The lowest BCUT2D eigenvalue weighted by Gasteiger charge is -2.03. The van der Waals surface area contributed by atoms with E-state index in [4.69, 9.17) is 0 Å². The molecule has 13 heavy (non-hydrogen) atoms. The van der Waals surface area contributed by atoms with Crippen molar-refractivity contribution < 1.29 is 4.79 Å². The molecule has 1 saturated carbocycles. The van der Waals surface area contributed by atoms with Crippen LogP contribution in [0.25, 0.3) is 0 Å². The van der Waals surface area contributed by atoms with Crippen LogP contribution in [0.1, 0.15) is 26.2 Å². The van der Waals surface area contributed by atoms with Crippen LogP contribution >= 0.6 is 0 Å². The molecule has 2 N–H and O–H groups in total. The number of rotatable bonds is 3. The van der Waals surface area contributed by atoms with Crippen molar-refractivity contribution in [1.29, 1.82) is 0 Å². The molecule has 1 amide bonds. The number of carbonyl (C=O) groups excluding carboxylic acids is 1. The lowest BCUT2D eigenvalue weighted by molar-refractivity contribution is -0.120. The van der Waals surface area contributed by atoms with Crippen LogP contribution in [0.4, 0.5) is 0 Å². The quantitative estimate of drug-likeness (QED) is 0.655. The smallest absolute Gasteiger partial charge is 0.249 e. The van der Waals surface area contributed by atoms with Crippen molar-refractivity contribution in [1.82, 2.24) is 10.6 Å². The molecule has 0 aromatic carbocycles. The molecule has 0 bridgehead atoms. The second-order valence-corrected chi connectivity index (χ2v) is 3.68. The normalized spacial score (nSPS) is 30.4. The van der Waals surface area contributed by atoms with Crippen LogP contribution in [0, 0.1) is 5.92 Å². The van der Waals surface area contributed by atoms with Crippen LogP contribution in [0.15, 0.2) is 4.99 Å². The van der Waals surface area contributed by atoms with E-state index in [9.17, 15) is 4.79 Å². The average Bonchev–Trinajstić information content (AvgIpc) is 2.88. The number of guanidine groups is 1. The van der Waals surface area contributed by atoms with Gasteiger partial charge < -0.3 is 5.32 Å². The number of carbonyl (C=O) groups is 1. The van der Waals surface area contributed by atoms with Gasteiger partial charge in [-0.05, 0) is 25.2 Å². The largest absolute Gasteiger partial charge is 0.344 e. The SMILES string of the molecule is CCCN=C1NC(=O)C(C2CC2)N1. The molecule has 0 radical (unpaired) electrons. The molecule has 0 aromatic rings. The molecule has 0 spiro atoms. The minimum atomic E-state index is -0.00407. The van der Waals surface area contributed by atoms with Gasteiger partial charge in [0.2, 0.25) is 5.91 Å². The summed E-state index contributed by atoms with van der Waals surface area (Å²) in [5.74, 6) is 1.32. The standard InChI is InChI=1S/C9H15N3O/c1-2-5-10-9-11-7(6-3-4-6)8(13)12-9/h6-7H,2-5H2,1H3,(H2,10,11,12,13). The molecule has 1 saturated heterocycles. The molecule has 2 rings (SSSR count). The molecule has 2 aliphatic rings. The Morgan fingerprint density at radius 1 is 1.54 bits per heavy atom.